The average Bonchev–Trinajstić information content (AvgIpc) is 2.94. The molecule has 26 heavy (non-hydrogen) atoms. The number of fused-ring (bicyclic) bond motifs is 1. The van der Waals surface area contributed by atoms with E-state index >= 15 is 0 Å². The monoisotopic (exact) mass is 377 g/mol. The van der Waals surface area contributed by atoms with E-state index in [0.29, 0.717) is 24.0 Å². The number of aromatic nitrogens is 2. The summed E-state index contributed by atoms with van der Waals surface area (Å²) in [5.41, 5.74) is 0.885. The first-order valence-electron chi connectivity index (χ1n) is 8.71. The molecule has 2 heterocycles. The van der Waals surface area contributed by atoms with E-state index in [4.69, 9.17) is 0 Å². The lowest BCUT2D eigenvalue weighted by atomic mass is 10.1. The molecule has 0 bridgehead atoms. The number of carbonyl (C=O) groups is 1. The molecule has 0 aliphatic carbocycles. The van der Waals surface area contributed by atoms with Gasteiger partial charge in [-0.15, -0.1) is 0 Å². The maximum absolute atomic E-state index is 13.0. The third-order valence-electron chi connectivity index (χ3n) is 4.58. The van der Waals surface area contributed by atoms with Crippen LogP contribution < -0.4 is 5.56 Å². The number of para-hydroxylation sites is 2. The van der Waals surface area contributed by atoms with Crippen molar-refractivity contribution < 1.29 is 13.2 Å². The fourth-order valence-electron chi connectivity index (χ4n) is 3.37. The molecule has 1 aliphatic heterocycles. The summed E-state index contributed by atoms with van der Waals surface area (Å²) in [6, 6.07) is 6.83. The summed E-state index contributed by atoms with van der Waals surface area (Å²) in [5.74, 6) is 0.0715. The van der Waals surface area contributed by atoms with Crippen molar-refractivity contribution in [2.24, 2.45) is 5.92 Å². The van der Waals surface area contributed by atoms with Gasteiger partial charge in [-0.25, -0.2) is 13.4 Å². The molecule has 1 saturated heterocycles. The summed E-state index contributed by atoms with van der Waals surface area (Å²) in [6.07, 6.45) is 1.66. The zero-order valence-electron chi connectivity index (χ0n) is 15.0. The van der Waals surface area contributed by atoms with E-state index in [2.05, 4.69) is 4.98 Å². The lowest BCUT2D eigenvalue weighted by Crippen LogP contribution is -2.45. The zero-order valence-corrected chi connectivity index (χ0v) is 15.8. The van der Waals surface area contributed by atoms with E-state index in [9.17, 15) is 18.0 Å². The maximum atomic E-state index is 13.0. The third-order valence-corrected chi connectivity index (χ3v) is 6.33. The van der Waals surface area contributed by atoms with Crippen LogP contribution in [0, 0.1) is 5.92 Å². The third kappa shape index (κ3) is 3.95. The Morgan fingerprint density at radius 2 is 2.08 bits per heavy atom. The van der Waals surface area contributed by atoms with Crippen molar-refractivity contribution in [2.75, 3.05) is 18.1 Å². The Morgan fingerprint density at radius 1 is 1.35 bits per heavy atom. The number of rotatable bonds is 5. The molecule has 0 unspecified atom stereocenters. The summed E-state index contributed by atoms with van der Waals surface area (Å²) in [7, 11) is -3.10. The van der Waals surface area contributed by atoms with Gasteiger partial charge in [0, 0.05) is 12.6 Å². The van der Waals surface area contributed by atoms with Crippen LogP contribution in [0.25, 0.3) is 11.0 Å². The molecule has 1 aromatic carbocycles. The van der Waals surface area contributed by atoms with Crippen LogP contribution in [-0.2, 0) is 21.2 Å². The second-order valence-corrected chi connectivity index (χ2v) is 9.40. The zero-order chi connectivity index (χ0) is 18.9. The number of nitrogens with zero attached hydrogens (tertiary/aromatic N) is 3. The van der Waals surface area contributed by atoms with Gasteiger partial charge in [0.15, 0.2) is 9.84 Å². The highest BCUT2D eigenvalue weighted by Gasteiger charge is 2.35. The van der Waals surface area contributed by atoms with Crippen LogP contribution in [0.15, 0.2) is 35.3 Å². The van der Waals surface area contributed by atoms with E-state index in [1.54, 1.807) is 23.1 Å². The lowest BCUT2D eigenvalue weighted by molar-refractivity contribution is -0.134. The normalized spacial score (nSPS) is 19.1. The van der Waals surface area contributed by atoms with Crippen molar-refractivity contribution in [1.82, 2.24) is 14.5 Å². The van der Waals surface area contributed by atoms with Crippen LogP contribution in [-0.4, -0.2) is 52.9 Å². The predicted octanol–water partition coefficient (Wildman–Crippen LogP) is 1.07. The molecule has 1 fully saturated rings. The van der Waals surface area contributed by atoms with E-state index in [-0.39, 0.29) is 41.5 Å². The molecular weight excluding hydrogens is 354 g/mol. The molecular formula is C18H23N3O4S. The number of amides is 1. The molecule has 1 aromatic heterocycles. The average molecular weight is 377 g/mol. The first-order chi connectivity index (χ1) is 12.3. The highest BCUT2D eigenvalue weighted by molar-refractivity contribution is 7.91. The Morgan fingerprint density at radius 3 is 2.73 bits per heavy atom. The van der Waals surface area contributed by atoms with E-state index in [0.717, 1.165) is 0 Å². The Balaban J connectivity index is 1.91. The van der Waals surface area contributed by atoms with Gasteiger partial charge < -0.3 is 4.90 Å². The Hall–Kier alpha value is -2.22. The largest absolute Gasteiger partial charge is 0.337 e. The van der Waals surface area contributed by atoms with Crippen LogP contribution in [0.3, 0.4) is 0 Å². The fraction of sp³-hybridized carbons (Fsp3) is 0.500. The molecule has 0 radical (unpaired) electrons. The first-order valence-corrected chi connectivity index (χ1v) is 10.5. The van der Waals surface area contributed by atoms with Gasteiger partial charge in [0.05, 0.1) is 28.7 Å². The van der Waals surface area contributed by atoms with E-state index < -0.39 is 9.84 Å². The molecule has 1 amide bonds. The number of sulfone groups is 1. The molecule has 3 rings (SSSR count). The van der Waals surface area contributed by atoms with Gasteiger partial charge in [-0.2, -0.15) is 0 Å². The Bertz CT molecular complexity index is 981. The van der Waals surface area contributed by atoms with Crippen LogP contribution in [0.5, 0.6) is 0 Å². The minimum absolute atomic E-state index is 0.00253. The summed E-state index contributed by atoms with van der Waals surface area (Å²) >= 11 is 0. The molecule has 2 aromatic rings. The number of carbonyl (C=O) groups excluding carboxylic acids is 1. The van der Waals surface area contributed by atoms with Gasteiger partial charge >= 0.3 is 0 Å². The predicted molar refractivity (Wildman–Crippen MR) is 99.6 cm³/mol. The second kappa shape index (κ2) is 7.19. The molecule has 8 heteroatoms. The van der Waals surface area contributed by atoms with Crippen molar-refractivity contribution >= 4 is 26.8 Å². The Labute approximate surface area is 152 Å². The molecule has 140 valence electrons. The van der Waals surface area contributed by atoms with Gasteiger partial charge in [-0.3, -0.25) is 14.2 Å². The van der Waals surface area contributed by atoms with Gasteiger partial charge in [-0.05, 0) is 24.5 Å². The molecule has 0 N–H and O–H groups in total. The molecule has 1 aliphatic rings. The second-order valence-electron chi connectivity index (χ2n) is 7.17. The number of hydrogen-bond donors (Lipinski definition) is 0. The van der Waals surface area contributed by atoms with Crippen molar-refractivity contribution in [2.45, 2.75) is 32.9 Å². The van der Waals surface area contributed by atoms with Gasteiger partial charge in [0.1, 0.15) is 6.54 Å². The molecule has 0 spiro atoms. The van der Waals surface area contributed by atoms with E-state index in [1.807, 2.05) is 19.9 Å². The van der Waals surface area contributed by atoms with Crippen molar-refractivity contribution in [3.63, 3.8) is 0 Å². The summed E-state index contributed by atoms with van der Waals surface area (Å²) in [6.45, 7) is 4.32. The minimum Gasteiger partial charge on any atom is -0.337 e. The first kappa shape index (κ1) is 18.6. The fourth-order valence-corrected chi connectivity index (χ4v) is 5.10. The SMILES string of the molecule is CC(C)CN(C(=O)Cn1c(=O)cnc2ccccc21)[C@@H]1CCS(=O)(=O)C1. The quantitative estimate of drug-likeness (QED) is 0.777. The standard InChI is InChI=1S/C18H23N3O4S/c1-13(2)10-20(14-7-8-26(24,25)12-14)18(23)11-21-16-6-4-3-5-15(16)19-9-17(21)22/h3-6,9,13-14H,7-8,10-12H2,1-2H3/t14-/m1/s1. The highest BCUT2D eigenvalue weighted by Crippen LogP contribution is 2.20. The highest BCUT2D eigenvalue weighted by atomic mass is 32.2. The van der Waals surface area contributed by atoms with Crippen molar-refractivity contribution in [3.05, 3.63) is 40.8 Å². The van der Waals surface area contributed by atoms with Gasteiger partial charge in [-0.1, -0.05) is 26.0 Å². The number of benzene rings is 1. The smallest absolute Gasteiger partial charge is 0.269 e. The topological polar surface area (TPSA) is 89.3 Å². The van der Waals surface area contributed by atoms with Crippen LogP contribution in [0.2, 0.25) is 0 Å². The van der Waals surface area contributed by atoms with Crippen LogP contribution >= 0.6 is 0 Å². The number of hydrogen-bond acceptors (Lipinski definition) is 5. The van der Waals surface area contributed by atoms with Crippen LogP contribution in [0.4, 0.5) is 0 Å². The summed E-state index contributed by atoms with van der Waals surface area (Å²) < 4.78 is 25.1. The minimum atomic E-state index is -3.10. The van der Waals surface area contributed by atoms with Crippen LogP contribution in [0.1, 0.15) is 20.3 Å². The van der Waals surface area contributed by atoms with Crippen molar-refractivity contribution in [1.29, 1.82) is 0 Å². The van der Waals surface area contributed by atoms with E-state index in [1.165, 1.54) is 10.8 Å². The summed E-state index contributed by atoms with van der Waals surface area (Å²) in [4.78, 5) is 31.0. The van der Waals surface area contributed by atoms with Gasteiger partial charge in [0.2, 0.25) is 5.91 Å². The molecule has 1 atom stereocenters. The van der Waals surface area contributed by atoms with Gasteiger partial charge in [0.25, 0.3) is 5.56 Å². The van der Waals surface area contributed by atoms with Crippen molar-refractivity contribution in [3.8, 4) is 0 Å². The Kier molecular flexibility index (Phi) is 5.13. The molecule has 7 nitrogen and oxygen atoms in total. The summed E-state index contributed by atoms with van der Waals surface area (Å²) in [5, 5.41) is 0. The lowest BCUT2D eigenvalue weighted by Gasteiger charge is -2.30. The maximum Gasteiger partial charge on any atom is 0.269 e. The molecule has 0 saturated carbocycles.